The van der Waals surface area contributed by atoms with Crippen LogP contribution < -0.4 is 25.6 Å². The number of ether oxygens (including phenoxy) is 2. The third-order valence-corrected chi connectivity index (χ3v) is 5.37. The minimum atomic E-state index is -4.77. The molecule has 0 saturated carbocycles. The molecule has 2 unspecified atom stereocenters. The highest BCUT2D eigenvalue weighted by atomic mass is 19.4. The monoisotopic (exact) mass is 448 g/mol. The Bertz CT molecular complexity index is 1110. The second-order valence-corrected chi connectivity index (χ2v) is 7.41. The average molecular weight is 448 g/mol. The minimum absolute atomic E-state index is 0.0405. The Hall–Kier alpha value is -3.24. The van der Waals surface area contributed by atoms with Gasteiger partial charge < -0.3 is 19.4 Å². The summed E-state index contributed by atoms with van der Waals surface area (Å²) in [6.45, 7) is 2.85. The van der Waals surface area contributed by atoms with Crippen LogP contribution >= 0.6 is 0 Å². The second-order valence-electron chi connectivity index (χ2n) is 7.41. The van der Waals surface area contributed by atoms with Crippen molar-refractivity contribution < 1.29 is 27.4 Å². The van der Waals surface area contributed by atoms with Gasteiger partial charge in [0.15, 0.2) is 0 Å². The summed E-state index contributed by atoms with van der Waals surface area (Å²) in [5.41, 5.74) is 8.70. The first-order valence-corrected chi connectivity index (χ1v) is 10.1. The topological polar surface area (TPSA) is 76.6 Å². The molecule has 0 aliphatic carbocycles. The van der Waals surface area contributed by atoms with E-state index in [1.807, 2.05) is 18.2 Å². The summed E-state index contributed by atoms with van der Waals surface area (Å²) < 4.78 is 48.2. The van der Waals surface area contributed by atoms with Gasteiger partial charge in [0.25, 0.3) is 5.91 Å². The Morgan fingerprint density at radius 1 is 1.12 bits per heavy atom. The molecule has 1 fully saturated rings. The first-order chi connectivity index (χ1) is 15.3. The fourth-order valence-electron chi connectivity index (χ4n) is 3.93. The highest BCUT2D eigenvalue weighted by molar-refractivity contribution is 5.94. The van der Waals surface area contributed by atoms with E-state index in [-0.39, 0.29) is 23.5 Å². The standard InChI is InChI=1S/C22H23F3N4O3/c1-3-29-18-9-8-16(31-2)10-14(18)11-19(29)17-12-20(28-27-17)26-21(30)13-4-6-15(7-5-13)32-22(23,24)25/h4-11,17,20,27-28H,3,12H2,1-2H3,(H,26,30). The lowest BCUT2D eigenvalue weighted by atomic mass is 10.1. The maximum absolute atomic E-state index is 12.5. The van der Waals surface area contributed by atoms with Gasteiger partial charge in [0, 0.05) is 35.1 Å². The largest absolute Gasteiger partial charge is 0.573 e. The van der Waals surface area contributed by atoms with E-state index < -0.39 is 12.3 Å². The maximum atomic E-state index is 12.5. The van der Waals surface area contributed by atoms with E-state index in [0.29, 0.717) is 6.42 Å². The van der Waals surface area contributed by atoms with E-state index in [0.717, 1.165) is 41.0 Å². The first kappa shape index (κ1) is 22.0. The smallest absolute Gasteiger partial charge is 0.497 e. The summed E-state index contributed by atoms with van der Waals surface area (Å²) in [7, 11) is 1.63. The van der Waals surface area contributed by atoms with Crippen molar-refractivity contribution in [3.05, 3.63) is 59.8 Å². The zero-order valence-electron chi connectivity index (χ0n) is 17.5. The third-order valence-electron chi connectivity index (χ3n) is 5.37. The lowest BCUT2D eigenvalue weighted by molar-refractivity contribution is -0.274. The van der Waals surface area contributed by atoms with E-state index in [2.05, 4.69) is 38.5 Å². The molecule has 2 heterocycles. The Balaban J connectivity index is 1.43. The molecule has 1 amide bonds. The fourth-order valence-corrected chi connectivity index (χ4v) is 3.93. The number of amides is 1. The second kappa shape index (κ2) is 8.71. The van der Waals surface area contributed by atoms with Crippen LogP contribution in [0.4, 0.5) is 13.2 Å². The van der Waals surface area contributed by atoms with E-state index in [9.17, 15) is 18.0 Å². The summed E-state index contributed by atoms with van der Waals surface area (Å²) >= 11 is 0. The number of nitrogens with one attached hydrogen (secondary N) is 3. The van der Waals surface area contributed by atoms with Crippen LogP contribution in [0.3, 0.4) is 0 Å². The zero-order chi connectivity index (χ0) is 22.9. The molecule has 10 heteroatoms. The normalized spacial score (nSPS) is 18.7. The zero-order valence-corrected chi connectivity index (χ0v) is 17.5. The summed E-state index contributed by atoms with van der Waals surface area (Å²) in [6.07, 6.45) is -4.53. The van der Waals surface area contributed by atoms with Crippen LogP contribution in [-0.4, -0.2) is 30.1 Å². The van der Waals surface area contributed by atoms with Gasteiger partial charge in [0.05, 0.1) is 19.3 Å². The molecule has 32 heavy (non-hydrogen) atoms. The molecule has 1 aromatic heterocycles. The highest BCUT2D eigenvalue weighted by Gasteiger charge is 2.31. The summed E-state index contributed by atoms with van der Waals surface area (Å²) in [5, 5.41) is 3.91. The van der Waals surface area contributed by atoms with Crippen LogP contribution in [0.25, 0.3) is 10.9 Å². The van der Waals surface area contributed by atoms with E-state index in [1.165, 1.54) is 12.1 Å². The van der Waals surface area contributed by atoms with Crippen LogP contribution in [0.15, 0.2) is 48.5 Å². The number of carbonyl (C=O) groups is 1. The lowest BCUT2D eigenvalue weighted by Gasteiger charge is -2.14. The number of aryl methyl sites for hydroxylation is 1. The number of nitrogens with zero attached hydrogens (tertiary/aromatic N) is 1. The van der Waals surface area contributed by atoms with Gasteiger partial charge in [-0.15, -0.1) is 13.2 Å². The SMILES string of the molecule is CCn1c(C2CC(NC(=O)c3ccc(OC(F)(F)F)cc3)NN2)cc2cc(OC)ccc21. The Morgan fingerprint density at radius 2 is 1.84 bits per heavy atom. The maximum Gasteiger partial charge on any atom is 0.573 e. The number of hydrazine groups is 1. The van der Waals surface area contributed by atoms with Crippen LogP contribution in [0, 0.1) is 0 Å². The minimum Gasteiger partial charge on any atom is -0.497 e. The van der Waals surface area contributed by atoms with Crippen molar-refractivity contribution in [2.24, 2.45) is 0 Å². The first-order valence-electron chi connectivity index (χ1n) is 10.1. The highest BCUT2D eigenvalue weighted by Crippen LogP contribution is 2.31. The predicted molar refractivity (Wildman–Crippen MR) is 112 cm³/mol. The molecule has 3 aromatic rings. The fraction of sp³-hybridized carbons (Fsp3) is 0.318. The number of hydrogen-bond acceptors (Lipinski definition) is 5. The van der Waals surface area contributed by atoms with Crippen molar-refractivity contribution in [1.29, 1.82) is 0 Å². The molecule has 7 nitrogen and oxygen atoms in total. The molecule has 2 atom stereocenters. The summed E-state index contributed by atoms with van der Waals surface area (Å²) in [6, 6.07) is 12.8. The number of fused-ring (bicyclic) bond motifs is 1. The number of alkyl halides is 3. The number of methoxy groups -OCH3 is 1. The summed E-state index contributed by atoms with van der Waals surface area (Å²) in [5.74, 6) is 0.00896. The van der Waals surface area contributed by atoms with Crippen molar-refractivity contribution in [3.63, 3.8) is 0 Å². The van der Waals surface area contributed by atoms with Crippen molar-refractivity contribution >= 4 is 16.8 Å². The summed E-state index contributed by atoms with van der Waals surface area (Å²) in [4.78, 5) is 12.5. The Kier molecular flexibility index (Phi) is 5.98. The van der Waals surface area contributed by atoms with Crippen molar-refractivity contribution in [1.82, 2.24) is 20.7 Å². The molecule has 0 radical (unpaired) electrons. The average Bonchev–Trinajstić information content (AvgIpc) is 3.36. The van der Waals surface area contributed by atoms with Crippen molar-refractivity contribution in [3.8, 4) is 11.5 Å². The quantitative estimate of drug-likeness (QED) is 0.534. The van der Waals surface area contributed by atoms with Gasteiger partial charge in [-0.05, 0) is 55.5 Å². The van der Waals surface area contributed by atoms with Crippen LogP contribution in [0.2, 0.25) is 0 Å². The number of benzene rings is 2. The molecule has 1 saturated heterocycles. The molecule has 170 valence electrons. The Morgan fingerprint density at radius 3 is 2.50 bits per heavy atom. The van der Waals surface area contributed by atoms with E-state index in [1.54, 1.807) is 7.11 Å². The number of hydrogen-bond donors (Lipinski definition) is 3. The molecule has 3 N–H and O–H groups in total. The molecule has 1 aliphatic heterocycles. The predicted octanol–water partition coefficient (Wildman–Crippen LogP) is 3.86. The molecular formula is C22H23F3N4O3. The van der Waals surface area contributed by atoms with Crippen LogP contribution in [0.5, 0.6) is 11.5 Å². The number of aromatic nitrogens is 1. The van der Waals surface area contributed by atoms with Crippen LogP contribution in [0.1, 0.15) is 35.4 Å². The van der Waals surface area contributed by atoms with Gasteiger partial charge >= 0.3 is 6.36 Å². The molecule has 2 aromatic carbocycles. The Labute approximate surface area is 182 Å². The van der Waals surface area contributed by atoms with E-state index in [4.69, 9.17) is 4.74 Å². The van der Waals surface area contributed by atoms with Crippen molar-refractivity contribution in [2.75, 3.05) is 7.11 Å². The molecule has 0 spiro atoms. The number of halogens is 3. The number of carbonyl (C=O) groups excluding carboxylic acids is 1. The molecule has 1 aliphatic rings. The van der Waals surface area contributed by atoms with Crippen LogP contribution in [-0.2, 0) is 6.54 Å². The molecular weight excluding hydrogens is 425 g/mol. The van der Waals surface area contributed by atoms with Gasteiger partial charge in [-0.25, -0.2) is 10.9 Å². The van der Waals surface area contributed by atoms with Crippen molar-refractivity contribution in [2.45, 2.75) is 38.5 Å². The molecule has 0 bridgehead atoms. The third kappa shape index (κ3) is 4.66. The van der Waals surface area contributed by atoms with Gasteiger partial charge in [0.1, 0.15) is 11.5 Å². The van der Waals surface area contributed by atoms with Gasteiger partial charge in [-0.2, -0.15) is 0 Å². The molecule has 4 rings (SSSR count). The number of rotatable bonds is 6. The lowest BCUT2D eigenvalue weighted by Crippen LogP contribution is -2.44. The van der Waals surface area contributed by atoms with Gasteiger partial charge in [-0.3, -0.25) is 4.79 Å². The van der Waals surface area contributed by atoms with Gasteiger partial charge in [0.2, 0.25) is 0 Å². The van der Waals surface area contributed by atoms with Gasteiger partial charge in [-0.1, -0.05) is 0 Å². The van der Waals surface area contributed by atoms with E-state index >= 15 is 0 Å².